The number of piperidine rings is 1. The van der Waals surface area contributed by atoms with Gasteiger partial charge in [-0.25, -0.2) is 12.7 Å². The van der Waals surface area contributed by atoms with Crippen LogP contribution in [0.3, 0.4) is 0 Å². The molecule has 1 unspecified atom stereocenters. The molecule has 0 aliphatic carbocycles. The van der Waals surface area contributed by atoms with Gasteiger partial charge in [0.15, 0.2) is 0 Å². The maximum atomic E-state index is 11.6. The molecule has 5 nitrogen and oxygen atoms in total. The summed E-state index contributed by atoms with van der Waals surface area (Å²) in [5, 5.41) is 9.03. The smallest absolute Gasteiger partial charge is 0.310 e. The zero-order valence-electron chi connectivity index (χ0n) is 9.06. The second-order valence-electron chi connectivity index (χ2n) is 4.20. The second kappa shape index (κ2) is 4.09. The van der Waals surface area contributed by atoms with Gasteiger partial charge in [0.2, 0.25) is 10.0 Å². The molecule has 1 aliphatic rings. The monoisotopic (exact) mass is 235 g/mol. The number of carboxylic acids is 1. The first-order valence-corrected chi connectivity index (χ1v) is 6.64. The third kappa shape index (κ3) is 2.49. The van der Waals surface area contributed by atoms with Gasteiger partial charge >= 0.3 is 5.97 Å². The molecule has 6 heteroatoms. The topological polar surface area (TPSA) is 74.7 Å². The number of carboxylic acid groups (broad SMARTS) is 1. The van der Waals surface area contributed by atoms with Crippen LogP contribution in [0, 0.1) is 5.41 Å². The normalized spacial score (nSPS) is 28.9. The van der Waals surface area contributed by atoms with E-state index in [1.165, 1.54) is 4.31 Å². The lowest BCUT2D eigenvalue weighted by Crippen LogP contribution is -2.48. The number of aliphatic carboxylic acids is 1. The van der Waals surface area contributed by atoms with Gasteiger partial charge in [0.25, 0.3) is 0 Å². The average Bonchev–Trinajstić information content (AvgIpc) is 2.18. The summed E-state index contributed by atoms with van der Waals surface area (Å²) in [6, 6.07) is 0. The molecule has 0 aromatic rings. The molecule has 1 aliphatic heterocycles. The van der Waals surface area contributed by atoms with E-state index in [9.17, 15) is 13.2 Å². The van der Waals surface area contributed by atoms with E-state index in [1.807, 2.05) is 0 Å². The Morgan fingerprint density at radius 2 is 2.13 bits per heavy atom. The van der Waals surface area contributed by atoms with Crippen LogP contribution in [0.25, 0.3) is 0 Å². The van der Waals surface area contributed by atoms with E-state index < -0.39 is 21.4 Å². The summed E-state index contributed by atoms with van der Waals surface area (Å²) in [4.78, 5) is 11.0. The van der Waals surface area contributed by atoms with Crippen LogP contribution in [0.15, 0.2) is 0 Å². The molecule has 0 spiro atoms. The van der Waals surface area contributed by atoms with Crippen molar-refractivity contribution in [3.8, 4) is 0 Å². The largest absolute Gasteiger partial charge is 0.481 e. The van der Waals surface area contributed by atoms with E-state index >= 15 is 0 Å². The molecular formula is C9H17NO4S. The Balaban J connectivity index is 2.86. The Kier molecular flexibility index (Phi) is 3.40. The minimum Gasteiger partial charge on any atom is -0.481 e. The van der Waals surface area contributed by atoms with Crippen LogP contribution in [-0.2, 0) is 14.8 Å². The van der Waals surface area contributed by atoms with Crippen molar-refractivity contribution in [2.45, 2.75) is 26.7 Å². The molecule has 1 saturated heterocycles. The standard InChI is InChI=1S/C9H17NO4S/c1-3-15(13,14)10-6-4-5-9(2,7-10)8(11)12/h3-7H2,1-2H3,(H,11,12). The van der Waals surface area contributed by atoms with Crippen molar-refractivity contribution in [2.75, 3.05) is 18.8 Å². The number of rotatable bonds is 3. The first-order valence-electron chi connectivity index (χ1n) is 5.03. The lowest BCUT2D eigenvalue weighted by Gasteiger charge is -2.36. The number of carbonyl (C=O) groups is 1. The van der Waals surface area contributed by atoms with Crippen molar-refractivity contribution in [1.29, 1.82) is 0 Å². The molecule has 1 N–H and O–H groups in total. The predicted molar refractivity (Wildman–Crippen MR) is 56.0 cm³/mol. The summed E-state index contributed by atoms with van der Waals surface area (Å²) >= 11 is 0. The lowest BCUT2D eigenvalue weighted by atomic mass is 9.83. The highest BCUT2D eigenvalue weighted by Gasteiger charge is 2.40. The third-order valence-electron chi connectivity index (χ3n) is 2.94. The van der Waals surface area contributed by atoms with Crippen molar-refractivity contribution in [3.63, 3.8) is 0 Å². The van der Waals surface area contributed by atoms with Gasteiger partial charge in [-0.3, -0.25) is 4.79 Å². The first-order chi connectivity index (χ1) is 6.82. The van der Waals surface area contributed by atoms with Gasteiger partial charge in [-0.15, -0.1) is 0 Å². The van der Waals surface area contributed by atoms with Crippen molar-refractivity contribution >= 4 is 16.0 Å². The molecule has 88 valence electrons. The lowest BCUT2D eigenvalue weighted by molar-refractivity contribution is -0.150. The van der Waals surface area contributed by atoms with E-state index in [0.29, 0.717) is 19.4 Å². The van der Waals surface area contributed by atoms with Crippen LogP contribution in [0.2, 0.25) is 0 Å². The first kappa shape index (κ1) is 12.4. The van der Waals surface area contributed by atoms with E-state index in [-0.39, 0.29) is 12.3 Å². The van der Waals surface area contributed by atoms with Gasteiger partial charge in [0.1, 0.15) is 0 Å². The SMILES string of the molecule is CCS(=O)(=O)N1CCCC(C)(C(=O)O)C1. The Morgan fingerprint density at radius 3 is 2.60 bits per heavy atom. The molecule has 1 fully saturated rings. The fraction of sp³-hybridized carbons (Fsp3) is 0.889. The molecule has 0 amide bonds. The maximum absolute atomic E-state index is 11.6. The van der Waals surface area contributed by atoms with Gasteiger partial charge in [0.05, 0.1) is 11.2 Å². The Labute approximate surface area is 90.1 Å². The van der Waals surface area contributed by atoms with Gasteiger partial charge in [-0.2, -0.15) is 0 Å². The highest BCUT2D eigenvalue weighted by atomic mass is 32.2. The van der Waals surface area contributed by atoms with Crippen LogP contribution in [0.4, 0.5) is 0 Å². The molecule has 0 aromatic heterocycles. The minimum atomic E-state index is -3.26. The molecule has 15 heavy (non-hydrogen) atoms. The zero-order chi connectivity index (χ0) is 11.7. The molecular weight excluding hydrogens is 218 g/mol. The summed E-state index contributed by atoms with van der Waals surface area (Å²) in [7, 11) is -3.26. The number of hydrogen-bond donors (Lipinski definition) is 1. The fourth-order valence-corrected chi connectivity index (χ4v) is 3.04. The zero-order valence-corrected chi connectivity index (χ0v) is 9.88. The number of sulfonamides is 1. The molecule has 0 aromatic carbocycles. The van der Waals surface area contributed by atoms with Gasteiger partial charge < -0.3 is 5.11 Å². The average molecular weight is 235 g/mol. The predicted octanol–water partition coefficient (Wildman–Crippen LogP) is 0.523. The molecule has 1 heterocycles. The van der Waals surface area contributed by atoms with Crippen LogP contribution in [0.1, 0.15) is 26.7 Å². The minimum absolute atomic E-state index is 0.0305. The summed E-state index contributed by atoms with van der Waals surface area (Å²) in [6.07, 6.45) is 1.15. The quantitative estimate of drug-likeness (QED) is 0.774. The summed E-state index contributed by atoms with van der Waals surface area (Å²) < 4.78 is 24.5. The molecule has 0 saturated carbocycles. The second-order valence-corrected chi connectivity index (χ2v) is 6.46. The molecule has 1 rings (SSSR count). The van der Waals surface area contributed by atoms with Crippen LogP contribution in [0.5, 0.6) is 0 Å². The molecule has 1 atom stereocenters. The highest BCUT2D eigenvalue weighted by molar-refractivity contribution is 7.89. The van der Waals surface area contributed by atoms with Crippen molar-refractivity contribution < 1.29 is 18.3 Å². The Morgan fingerprint density at radius 1 is 1.53 bits per heavy atom. The van der Waals surface area contributed by atoms with Crippen LogP contribution < -0.4 is 0 Å². The van der Waals surface area contributed by atoms with E-state index in [4.69, 9.17) is 5.11 Å². The van der Waals surface area contributed by atoms with E-state index in [0.717, 1.165) is 0 Å². The summed E-state index contributed by atoms with van der Waals surface area (Å²) in [5.41, 5.74) is -0.930. The van der Waals surface area contributed by atoms with Crippen molar-refractivity contribution in [1.82, 2.24) is 4.31 Å². The van der Waals surface area contributed by atoms with Gasteiger partial charge in [-0.1, -0.05) is 0 Å². The highest BCUT2D eigenvalue weighted by Crippen LogP contribution is 2.30. The van der Waals surface area contributed by atoms with Crippen molar-refractivity contribution in [2.24, 2.45) is 5.41 Å². The number of nitrogens with zero attached hydrogens (tertiary/aromatic N) is 1. The van der Waals surface area contributed by atoms with Crippen LogP contribution >= 0.6 is 0 Å². The Hall–Kier alpha value is -0.620. The number of hydrogen-bond acceptors (Lipinski definition) is 3. The third-order valence-corrected chi connectivity index (χ3v) is 4.76. The van der Waals surface area contributed by atoms with E-state index in [2.05, 4.69) is 0 Å². The van der Waals surface area contributed by atoms with Gasteiger partial charge in [0, 0.05) is 13.1 Å². The Bertz CT molecular complexity index is 351. The summed E-state index contributed by atoms with van der Waals surface area (Å²) in [5.74, 6) is -0.888. The fourth-order valence-electron chi connectivity index (χ4n) is 1.79. The van der Waals surface area contributed by atoms with Crippen LogP contribution in [-0.4, -0.2) is 42.6 Å². The van der Waals surface area contributed by atoms with Gasteiger partial charge in [-0.05, 0) is 26.7 Å². The van der Waals surface area contributed by atoms with Crippen molar-refractivity contribution in [3.05, 3.63) is 0 Å². The maximum Gasteiger partial charge on any atom is 0.310 e. The summed E-state index contributed by atoms with van der Waals surface area (Å²) in [6.45, 7) is 3.71. The molecule has 0 bridgehead atoms. The van der Waals surface area contributed by atoms with E-state index in [1.54, 1.807) is 13.8 Å². The molecule has 0 radical (unpaired) electrons.